The first-order valence-corrected chi connectivity index (χ1v) is 7.79. The Morgan fingerprint density at radius 1 is 1.16 bits per heavy atom. The molecule has 2 aromatic carbocycles. The van der Waals surface area contributed by atoms with Gasteiger partial charge in [0, 0.05) is 9.26 Å². The molecule has 2 aromatic rings. The summed E-state index contributed by atoms with van der Waals surface area (Å²) in [6.45, 7) is 4.17. The summed E-state index contributed by atoms with van der Waals surface area (Å²) in [6, 6.07) is 12.1. The fourth-order valence-corrected chi connectivity index (χ4v) is 2.85. The Hall–Kier alpha value is -0.450. The van der Waals surface area contributed by atoms with Crippen molar-refractivity contribution in [1.82, 2.24) is 0 Å². The van der Waals surface area contributed by atoms with Crippen LogP contribution in [0.25, 0.3) is 0 Å². The molecule has 0 aliphatic heterocycles. The van der Waals surface area contributed by atoms with E-state index in [1.165, 1.54) is 9.13 Å². The number of hydrogen-bond acceptors (Lipinski definition) is 1. The molecule has 0 amide bonds. The van der Waals surface area contributed by atoms with Gasteiger partial charge in [-0.2, -0.15) is 0 Å². The number of aryl methyl sites for hydroxylation is 1. The van der Waals surface area contributed by atoms with Gasteiger partial charge in [-0.3, -0.25) is 0 Å². The van der Waals surface area contributed by atoms with Gasteiger partial charge < -0.3 is 5.32 Å². The van der Waals surface area contributed by atoms with E-state index >= 15 is 0 Å². The van der Waals surface area contributed by atoms with Crippen molar-refractivity contribution in [2.24, 2.45) is 0 Å². The van der Waals surface area contributed by atoms with Crippen LogP contribution in [-0.4, -0.2) is 0 Å². The van der Waals surface area contributed by atoms with Gasteiger partial charge in [-0.15, -0.1) is 0 Å². The van der Waals surface area contributed by atoms with Gasteiger partial charge in [0.25, 0.3) is 0 Å². The van der Waals surface area contributed by atoms with Crippen molar-refractivity contribution in [3.8, 4) is 0 Å². The minimum Gasteiger partial charge on any atom is -0.378 e. The van der Waals surface area contributed by atoms with Gasteiger partial charge in [-0.25, -0.2) is 0 Å². The first-order valence-electron chi connectivity index (χ1n) is 5.95. The zero-order chi connectivity index (χ0) is 14.0. The summed E-state index contributed by atoms with van der Waals surface area (Å²) in [5, 5.41) is 4.65. The molecular formula is C15H14Cl2IN. The molecule has 0 aliphatic rings. The third-order valence-corrected chi connectivity index (χ3v) is 5.00. The number of nitrogens with one attached hydrogen (secondary N) is 1. The third-order valence-electron chi connectivity index (χ3n) is 3.00. The minimum absolute atomic E-state index is 0.102. The van der Waals surface area contributed by atoms with E-state index in [0.717, 1.165) is 11.3 Å². The third kappa shape index (κ3) is 3.56. The second kappa shape index (κ2) is 6.33. The Morgan fingerprint density at radius 2 is 1.89 bits per heavy atom. The Bertz CT molecular complexity index is 599. The van der Waals surface area contributed by atoms with Crippen LogP contribution in [-0.2, 0) is 0 Å². The van der Waals surface area contributed by atoms with E-state index in [1.807, 2.05) is 12.1 Å². The molecule has 0 bridgehead atoms. The molecule has 0 spiro atoms. The SMILES string of the molecule is Cc1ccc(NC(C)c2cccc(Cl)c2Cl)cc1I. The Kier molecular flexibility index (Phi) is 4.98. The van der Waals surface area contributed by atoms with Gasteiger partial charge in [0.15, 0.2) is 0 Å². The minimum atomic E-state index is 0.102. The van der Waals surface area contributed by atoms with Gasteiger partial charge in [0.05, 0.1) is 16.1 Å². The topological polar surface area (TPSA) is 12.0 Å². The monoisotopic (exact) mass is 405 g/mol. The van der Waals surface area contributed by atoms with E-state index < -0.39 is 0 Å². The average Bonchev–Trinajstić information content (AvgIpc) is 2.37. The predicted octanol–water partition coefficient (Wildman–Crippen LogP) is 6.08. The summed E-state index contributed by atoms with van der Waals surface area (Å²) in [7, 11) is 0. The molecule has 0 heterocycles. The molecule has 0 aliphatic carbocycles. The summed E-state index contributed by atoms with van der Waals surface area (Å²) in [6.07, 6.45) is 0. The highest BCUT2D eigenvalue weighted by atomic mass is 127. The Balaban J connectivity index is 2.23. The van der Waals surface area contributed by atoms with Gasteiger partial charge in [-0.1, -0.05) is 41.4 Å². The molecule has 2 rings (SSSR count). The van der Waals surface area contributed by atoms with E-state index in [-0.39, 0.29) is 6.04 Å². The van der Waals surface area contributed by atoms with Crippen molar-refractivity contribution in [2.75, 3.05) is 5.32 Å². The van der Waals surface area contributed by atoms with E-state index in [9.17, 15) is 0 Å². The zero-order valence-electron chi connectivity index (χ0n) is 10.7. The lowest BCUT2D eigenvalue weighted by atomic mass is 10.1. The van der Waals surface area contributed by atoms with Crippen LogP contribution in [0.5, 0.6) is 0 Å². The van der Waals surface area contributed by atoms with Crippen LogP contribution in [0.4, 0.5) is 5.69 Å². The number of rotatable bonds is 3. The van der Waals surface area contributed by atoms with Crippen LogP contribution in [0, 0.1) is 10.5 Å². The van der Waals surface area contributed by atoms with E-state index in [2.05, 4.69) is 60.0 Å². The zero-order valence-corrected chi connectivity index (χ0v) is 14.3. The van der Waals surface area contributed by atoms with Crippen LogP contribution >= 0.6 is 45.8 Å². The van der Waals surface area contributed by atoms with Crippen LogP contribution < -0.4 is 5.32 Å². The lowest BCUT2D eigenvalue weighted by Crippen LogP contribution is -2.07. The molecule has 1 unspecified atom stereocenters. The van der Waals surface area contributed by atoms with E-state index in [1.54, 1.807) is 6.07 Å². The van der Waals surface area contributed by atoms with Gasteiger partial charge in [0.2, 0.25) is 0 Å². The maximum absolute atomic E-state index is 6.24. The summed E-state index contributed by atoms with van der Waals surface area (Å²) in [4.78, 5) is 0. The predicted molar refractivity (Wildman–Crippen MR) is 92.4 cm³/mol. The highest BCUT2D eigenvalue weighted by molar-refractivity contribution is 14.1. The van der Waals surface area contributed by atoms with Crippen LogP contribution in [0.2, 0.25) is 10.0 Å². The van der Waals surface area contributed by atoms with Gasteiger partial charge in [-0.05, 0) is 65.8 Å². The van der Waals surface area contributed by atoms with Crippen LogP contribution in [0.15, 0.2) is 36.4 Å². The highest BCUT2D eigenvalue weighted by Crippen LogP contribution is 2.31. The summed E-state index contributed by atoms with van der Waals surface area (Å²) in [5.74, 6) is 0. The Labute approximate surface area is 137 Å². The number of anilines is 1. The van der Waals surface area contributed by atoms with Crippen LogP contribution in [0.1, 0.15) is 24.1 Å². The van der Waals surface area contributed by atoms with Crippen LogP contribution in [0.3, 0.4) is 0 Å². The second-order valence-corrected chi connectivity index (χ2v) is 6.42. The van der Waals surface area contributed by atoms with Gasteiger partial charge in [0.1, 0.15) is 0 Å². The van der Waals surface area contributed by atoms with Crippen molar-refractivity contribution in [3.63, 3.8) is 0 Å². The summed E-state index contributed by atoms with van der Waals surface area (Å²) in [5.41, 5.74) is 3.36. The molecule has 1 nitrogen and oxygen atoms in total. The van der Waals surface area contributed by atoms with Crippen molar-refractivity contribution >= 4 is 51.5 Å². The first kappa shape index (κ1) is 14.9. The molecule has 0 saturated carbocycles. The number of halogens is 3. The molecule has 1 N–H and O–H groups in total. The quantitative estimate of drug-likeness (QED) is 0.610. The Morgan fingerprint density at radius 3 is 2.58 bits per heavy atom. The highest BCUT2D eigenvalue weighted by Gasteiger charge is 2.12. The molecule has 100 valence electrons. The average molecular weight is 406 g/mol. The molecule has 4 heteroatoms. The van der Waals surface area contributed by atoms with Crippen molar-refractivity contribution in [2.45, 2.75) is 19.9 Å². The van der Waals surface area contributed by atoms with E-state index in [4.69, 9.17) is 23.2 Å². The second-order valence-electron chi connectivity index (χ2n) is 4.47. The molecule has 1 atom stereocenters. The smallest absolute Gasteiger partial charge is 0.0644 e. The van der Waals surface area contributed by atoms with Gasteiger partial charge >= 0.3 is 0 Å². The standard InChI is InChI=1S/C15H14Cl2IN/c1-9-6-7-11(8-14(9)18)19-10(2)12-4-3-5-13(16)15(12)17/h3-8,10,19H,1-2H3. The molecule has 19 heavy (non-hydrogen) atoms. The van der Waals surface area contributed by atoms with Crippen molar-refractivity contribution < 1.29 is 0 Å². The molecule has 0 radical (unpaired) electrons. The maximum Gasteiger partial charge on any atom is 0.0644 e. The maximum atomic E-state index is 6.24. The van der Waals surface area contributed by atoms with E-state index in [0.29, 0.717) is 10.0 Å². The largest absolute Gasteiger partial charge is 0.378 e. The molecule has 0 saturated heterocycles. The summed E-state index contributed by atoms with van der Waals surface area (Å²) >= 11 is 14.6. The lowest BCUT2D eigenvalue weighted by Gasteiger charge is -2.18. The molecule has 0 fully saturated rings. The first-order chi connectivity index (χ1) is 8.99. The number of hydrogen-bond donors (Lipinski definition) is 1. The fraction of sp³-hybridized carbons (Fsp3) is 0.200. The normalized spacial score (nSPS) is 12.3. The summed E-state index contributed by atoms with van der Waals surface area (Å²) < 4.78 is 1.24. The lowest BCUT2D eigenvalue weighted by molar-refractivity contribution is 0.885. The van der Waals surface area contributed by atoms with Crippen molar-refractivity contribution in [1.29, 1.82) is 0 Å². The molecular weight excluding hydrogens is 392 g/mol. The fourth-order valence-electron chi connectivity index (χ4n) is 1.87. The molecule has 0 aromatic heterocycles. The van der Waals surface area contributed by atoms with Crippen molar-refractivity contribution in [3.05, 3.63) is 61.1 Å². The number of benzene rings is 2.